The molecule has 4 nitrogen and oxygen atoms in total. The van der Waals surface area contributed by atoms with Crippen LogP contribution in [0.15, 0.2) is 24.3 Å². The third kappa shape index (κ3) is 1.71. The Hall–Kier alpha value is -1.13. The molecule has 2 N–H and O–H groups in total. The minimum Gasteiger partial charge on any atom is -0.321 e. The van der Waals surface area contributed by atoms with Gasteiger partial charge >= 0.3 is 0 Å². The number of nitro benzene ring substituents is 1. The molecule has 14 heavy (non-hydrogen) atoms. The Kier molecular flexibility index (Phi) is 2.78. The summed E-state index contributed by atoms with van der Waals surface area (Å²) in [6, 6.07) is 6.69. The molecule has 0 heterocycles. The van der Waals surface area contributed by atoms with E-state index in [0.717, 1.165) is 12.8 Å². The van der Waals surface area contributed by atoms with Crippen molar-refractivity contribution < 1.29 is 4.92 Å². The SMILES string of the molecule is Cl.NC1(c2ccccc2[N+](=O)[O-])CC1. The average Bonchev–Trinajstić information content (AvgIpc) is 2.85. The van der Waals surface area contributed by atoms with Crippen LogP contribution in [-0.2, 0) is 5.54 Å². The highest BCUT2D eigenvalue weighted by atomic mass is 35.5. The molecule has 0 unspecified atom stereocenters. The lowest BCUT2D eigenvalue weighted by Crippen LogP contribution is -2.20. The topological polar surface area (TPSA) is 69.2 Å². The van der Waals surface area contributed by atoms with Crippen molar-refractivity contribution in [3.63, 3.8) is 0 Å². The van der Waals surface area contributed by atoms with Crippen molar-refractivity contribution in [2.45, 2.75) is 18.4 Å². The fraction of sp³-hybridized carbons (Fsp3) is 0.333. The molecule has 5 heteroatoms. The second-order valence-electron chi connectivity index (χ2n) is 3.43. The van der Waals surface area contributed by atoms with Gasteiger partial charge in [-0.15, -0.1) is 12.4 Å². The molecule has 0 saturated heterocycles. The van der Waals surface area contributed by atoms with E-state index in [1.807, 2.05) is 0 Å². The van der Waals surface area contributed by atoms with Crippen molar-refractivity contribution in [2.24, 2.45) is 5.73 Å². The lowest BCUT2D eigenvalue weighted by Gasteiger charge is -2.08. The van der Waals surface area contributed by atoms with E-state index in [1.54, 1.807) is 18.2 Å². The van der Waals surface area contributed by atoms with Crippen LogP contribution in [0.25, 0.3) is 0 Å². The number of para-hydroxylation sites is 1. The smallest absolute Gasteiger partial charge is 0.274 e. The highest BCUT2D eigenvalue weighted by Crippen LogP contribution is 2.45. The molecular weight excluding hydrogens is 204 g/mol. The van der Waals surface area contributed by atoms with Crippen LogP contribution in [0.3, 0.4) is 0 Å². The van der Waals surface area contributed by atoms with Crippen molar-refractivity contribution >= 4 is 18.1 Å². The van der Waals surface area contributed by atoms with Gasteiger partial charge in [0.15, 0.2) is 0 Å². The molecule has 76 valence electrons. The number of rotatable bonds is 2. The van der Waals surface area contributed by atoms with Gasteiger partial charge in [-0.25, -0.2) is 0 Å². The van der Waals surface area contributed by atoms with Crippen LogP contribution in [-0.4, -0.2) is 4.92 Å². The van der Waals surface area contributed by atoms with Gasteiger partial charge in [-0.1, -0.05) is 18.2 Å². The number of nitrogens with two attached hydrogens (primary N) is 1. The number of hydrogen-bond acceptors (Lipinski definition) is 3. The molecule has 0 aromatic heterocycles. The molecular formula is C9H11ClN2O2. The first-order valence-electron chi connectivity index (χ1n) is 4.16. The van der Waals surface area contributed by atoms with Gasteiger partial charge in [-0.2, -0.15) is 0 Å². The van der Waals surface area contributed by atoms with Gasteiger partial charge in [0.25, 0.3) is 5.69 Å². The predicted molar refractivity (Wildman–Crippen MR) is 55.4 cm³/mol. The third-order valence-electron chi connectivity index (χ3n) is 2.43. The molecule has 0 spiro atoms. The molecule has 1 fully saturated rings. The summed E-state index contributed by atoms with van der Waals surface area (Å²) in [5.74, 6) is 0. The Labute approximate surface area is 87.7 Å². The molecule has 1 saturated carbocycles. The molecule has 2 rings (SSSR count). The lowest BCUT2D eigenvalue weighted by molar-refractivity contribution is -0.385. The summed E-state index contributed by atoms with van der Waals surface area (Å²) in [5.41, 5.74) is 6.28. The van der Waals surface area contributed by atoms with Crippen LogP contribution >= 0.6 is 12.4 Å². The Morgan fingerprint density at radius 3 is 2.43 bits per heavy atom. The van der Waals surface area contributed by atoms with E-state index >= 15 is 0 Å². The molecule has 0 amide bonds. The van der Waals surface area contributed by atoms with Crippen LogP contribution in [0, 0.1) is 10.1 Å². The largest absolute Gasteiger partial charge is 0.321 e. The fourth-order valence-electron chi connectivity index (χ4n) is 1.46. The molecule has 0 atom stereocenters. The second-order valence-corrected chi connectivity index (χ2v) is 3.43. The van der Waals surface area contributed by atoms with Crippen molar-refractivity contribution in [3.05, 3.63) is 39.9 Å². The van der Waals surface area contributed by atoms with Crippen molar-refractivity contribution in [1.29, 1.82) is 0 Å². The normalized spacial score (nSPS) is 16.9. The van der Waals surface area contributed by atoms with E-state index in [0.29, 0.717) is 5.56 Å². The Bertz CT molecular complexity index is 364. The summed E-state index contributed by atoms with van der Waals surface area (Å²) >= 11 is 0. The van der Waals surface area contributed by atoms with Crippen LogP contribution < -0.4 is 5.73 Å². The van der Waals surface area contributed by atoms with Crippen LogP contribution in [0.5, 0.6) is 0 Å². The molecule has 1 aliphatic rings. The van der Waals surface area contributed by atoms with Crippen LogP contribution in [0.2, 0.25) is 0 Å². The fourth-order valence-corrected chi connectivity index (χ4v) is 1.46. The Morgan fingerprint density at radius 2 is 1.93 bits per heavy atom. The summed E-state index contributed by atoms with van der Waals surface area (Å²) in [5, 5.41) is 10.6. The first-order chi connectivity index (χ1) is 6.13. The standard InChI is InChI=1S/C9H10N2O2.ClH/c10-9(5-6-9)7-3-1-2-4-8(7)11(12)13;/h1-4H,5-6,10H2;1H. The molecule has 1 aliphatic carbocycles. The first-order valence-corrected chi connectivity index (χ1v) is 4.16. The van der Waals surface area contributed by atoms with E-state index in [4.69, 9.17) is 5.73 Å². The zero-order valence-electron chi connectivity index (χ0n) is 7.47. The molecule has 1 aromatic carbocycles. The van der Waals surface area contributed by atoms with Crippen molar-refractivity contribution in [1.82, 2.24) is 0 Å². The molecule has 0 bridgehead atoms. The van der Waals surface area contributed by atoms with E-state index in [2.05, 4.69) is 0 Å². The van der Waals surface area contributed by atoms with E-state index in [1.165, 1.54) is 6.07 Å². The lowest BCUT2D eigenvalue weighted by atomic mass is 10.0. The van der Waals surface area contributed by atoms with Gasteiger partial charge in [0.05, 0.1) is 4.92 Å². The van der Waals surface area contributed by atoms with Crippen molar-refractivity contribution in [2.75, 3.05) is 0 Å². The summed E-state index contributed by atoms with van der Waals surface area (Å²) in [6.07, 6.45) is 1.69. The van der Waals surface area contributed by atoms with Crippen molar-refractivity contribution in [3.8, 4) is 0 Å². The predicted octanol–water partition coefficient (Wildman–Crippen LogP) is 1.96. The maximum atomic E-state index is 10.6. The van der Waals surface area contributed by atoms with Gasteiger partial charge in [-0.05, 0) is 12.8 Å². The number of nitrogens with zero attached hydrogens (tertiary/aromatic N) is 1. The van der Waals surface area contributed by atoms with Gasteiger partial charge in [-0.3, -0.25) is 10.1 Å². The Morgan fingerprint density at radius 1 is 1.36 bits per heavy atom. The highest BCUT2D eigenvalue weighted by molar-refractivity contribution is 5.85. The number of benzene rings is 1. The maximum absolute atomic E-state index is 10.6. The minimum absolute atomic E-state index is 0. The number of nitro groups is 1. The molecule has 0 aliphatic heterocycles. The van der Waals surface area contributed by atoms with E-state index in [-0.39, 0.29) is 23.0 Å². The second kappa shape index (κ2) is 3.55. The van der Waals surface area contributed by atoms with E-state index < -0.39 is 5.54 Å². The van der Waals surface area contributed by atoms with Crippen LogP contribution in [0.1, 0.15) is 18.4 Å². The quantitative estimate of drug-likeness (QED) is 0.605. The van der Waals surface area contributed by atoms with Gasteiger partial charge in [0.1, 0.15) is 0 Å². The monoisotopic (exact) mass is 214 g/mol. The third-order valence-corrected chi connectivity index (χ3v) is 2.43. The summed E-state index contributed by atoms with van der Waals surface area (Å²) < 4.78 is 0. The van der Waals surface area contributed by atoms with Gasteiger partial charge < -0.3 is 5.73 Å². The molecule has 1 aromatic rings. The first kappa shape index (κ1) is 10.9. The zero-order chi connectivity index (χ0) is 9.47. The van der Waals surface area contributed by atoms with Gasteiger partial charge in [0, 0.05) is 17.2 Å². The Balaban J connectivity index is 0.000000980. The maximum Gasteiger partial charge on any atom is 0.274 e. The van der Waals surface area contributed by atoms with Crippen LogP contribution in [0.4, 0.5) is 5.69 Å². The highest BCUT2D eigenvalue weighted by Gasteiger charge is 2.44. The van der Waals surface area contributed by atoms with E-state index in [9.17, 15) is 10.1 Å². The van der Waals surface area contributed by atoms with Gasteiger partial charge in [0.2, 0.25) is 0 Å². The summed E-state index contributed by atoms with van der Waals surface area (Å²) in [4.78, 5) is 10.3. The zero-order valence-corrected chi connectivity index (χ0v) is 8.29. The molecule has 0 radical (unpaired) electrons. The average molecular weight is 215 g/mol. The summed E-state index contributed by atoms with van der Waals surface area (Å²) in [6.45, 7) is 0. The minimum atomic E-state index is -0.427. The number of hydrogen-bond donors (Lipinski definition) is 1. The number of halogens is 1. The summed E-state index contributed by atoms with van der Waals surface area (Å²) in [7, 11) is 0.